The van der Waals surface area contributed by atoms with Gasteiger partial charge in [0, 0.05) is 31.7 Å². The van der Waals surface area contributed by atoms with Crippen molar-refractivity contribution in [3.05, 3.63) is 29.8 Å². The number of likely N-dealkylation sites (tertiary alicyclic amines) is 1. The van der Waals surface area contributed by atoms with Crippen molar-refractivity contribution in [2.75, 3.05) is 18.4 Å². The third kappa shape index (κ3) is 5.58. The van der Waals surface area contributed by atoms with E-state index in [4.69, 9.17) is 0 Å². The zero-order valence-corrected chi connectivity index (χ0v) is 14.1. The lowest BCUT2D eigenvalue weighted by atomic mass is 10.1. The molecule has 126 valence electrons. The highest BCUT2D eigenvalue weighted by Crippen LogP contribution is 2.15. The molecule has 1 aliphatic heterocycles. The van der Waals surface area contributed by atoms with E-state index in [2.05, 4.69) is 29.7 Å². The van der Waals surface area contributed by atoms with Crippen LogP contribution in [0.25, 0.3) is 0 Å². The second-order valence-corrected chi connectivity index (χ2v) is 6.19. The molecule has 0 radical (unpaired) electrons. The Hall–Kier alpha value is -2.04. The Bertz CT molecular complexity index is 520. The van der Waals surface area contributed by atoms with Gasteiger partial charge in [0.25, 0.3) is 0 Å². The molecular weight excluding hydrogens is 290 g/mol. The predicted octanol–water partition coefficient (Wildman–Crippen LogP) is 3.16. The first kappa shape index (κ1) is 17.3. The fraction of sp³-hybridized carbons (Fsp3) is 0.556. The van der Waals surface area contributed by atoms with Crippen LogP contribution in [0.5, 0.6) is 0 Å². The summed E-state index contributed by atoms with van der Waals surface area (Å²) in [5.74, 6) is -0.00364. The molecule has 0 saturated carbocycles. The van der Waals surface area contributed by atoms with Gasteiger partial charge in [0.2, 0.25) is 5.91 Å². The highest BCUT2D eigenvalue weighted by Gasteiger charge is 2.23. The summed E-state index contributed by atoms with van der Waals surface area (Å²) in [6.45, 7) is 5.06. The third-order valence-electron chi connectivity index (χ3n) is 4.21. The van der Waals surface area contributed by atoms with Crippen molar-refractivity contribution in [3.63, 3.8) is 0 Å². The number of unbranched alkanes of at least 4 members (excludes halogenated alkanes) is 1. The van der Waals surface area contributed by atoms with E-state index in [0.717, 1.165) is 24.9 Å². The minimum Gasteiger partial charge on any atom is -0.353 e. The second-order valence-electron chi connectivity index (χ2n) is 6.19. The molecule has 1 heterocycles. The van der Waals surface area contributed by atoms with E-state index in [1.165, 1.54) is 25.3 Å². The molecule has 2 N–H and O–H groups in total. The first-order chi connectivity index (χ1) is 11.1. The number of nitrogens with zero attached hydrogens (tertiary/aromatic N) is 1. The minimum absolute atomic E-state index is 0.00364. The summed E-state index contributed by atoms with van der Waals surface area (Å²) in [4.78, 5) is 25.1. The zero-order valence-electron chi connectivity index (χ0n) is 14.1. The molecule has 1 aliphatic rings. The molecule has 5 heteroatoms. The molecule has 5 nitrogen and oxygen atoms in total. The van der Waals surface area contributed by atoms with Crippen LogP contribution in [-0.4, -0.2) is 36.0 Å². The van der Waals surface area contributed by atoms with E-state index in [0.29, 0.717) is 13.1 Å². The normalized spacial score (nSPS) is 15.3. The lowest BCUT2D eigenvalue weighted by molar-refractivity contribution is -0.119. The van der Waals surface area contributed by atoms with Gasteiger partial charge in [0.15, 0.2) is 0 Å². The molecule has 2 rings (SSSR count). The largest absolute Gasteiger partial charge is 0.353 e. The standard InChI is InChI=1S/C18H27N3O2/c1-3-4-5-15-6-8-16(9-7-15)20-18(23)21-12-10-17(11-13-21)19-14(2)22/h6-9,17H,3-5,10-13H2,1-2H3,(H,19,22)(H,20,23). The molecule has 0 aliphatic carbocycles. The van der Waals surface area contributed by atoms with E-state index in [1.54, 1.807) is 0 Å². The smallest absolute Gasteiger partial charge is 0.321 e. The third-order valence-corrected chi connectivity index (χ3v) is 4.21. The summed E-state index contributed by atoms with van der Waals surface area (Å²) >= 11 is 0. The van der Waals surface area contributed by atoms with Gasteiger partial charge in [-0.25, -0.2) is 4.79 Å². The topological polar surface area (TPSA) is 61.4 Å². The molecule has 1 aromatic rings. The van der Waals surface area contributed by atoms with Crippen LogP contribution in [0, 0.1) is 0 Å². The number of carbonyl (C=O) groups is 2. The molecule has 3 amide bonds. The zero-order chi connectivity index (χ0) is 16.7. The van der Waals surface area contributed by atoms with E-state index >= 15 is 0 Å². The summed E-state index contributed by atoms with van der Waals surface area (Å²) in [5.41, 5.74) is 2.14. The predicted molar refractivity (Wildman–Crippen MR) is 92.5 cm³/mol. The van der Waals surface area contributed by atoms with Crippen LogP contribution in [0.15, 0.2) is 24.3 Å². The molecule has 23 heavy (non-hydrogen) atoms. The molecule has 0 atom stereocenters. The van der Waals surface area contributed by atoms with Gasteiger partial charge in [-0.1, -0.05) is 25.5 Å². The van der Waals surface area contributed by atoms with Crippen molar-refractivity contribution in [1.29, 1.82) is 0 Å². The van der Waals surface area contributed by atoms with Crippen LogP contribution < -0.4 is 10.6 Å². The van der Waals surface area contributed by atoms with Gasteiger partial charge >= 0.3 is 6.03 Å². The summed E-state index contributed by atoms with van der Waals surface area (Å²) in [6.07, 6.45) is 5.08. The van der Waals surface area contributed by atoms with Gasteiger partial charge in [-0.15, -0.1) is 0 Å². The van der Waals surface area contributed by atoms with E-state index < -0.39 is 0 Å². The highest BCUT2D eigenvalue weighted by molar-refractivity contribution is 5.89. The number of urea groups is 1. The minimum atomic E-state index is -0.0624. The monoisotopic (exact) mass is 317 g/mol. The summed E-state index contributed by atoms with van der Waals surface area (Å²) in [7, 11) is 0. The molecule has 1 aromatic carbocycles. The molecule has 0 aromatic heterocycles. The van der Waals surface area contributed by atoms with Crippen molar-refractivity contribution < 1.29 is 9.59 Å². The van der Waals surface area contributed by atoms with Crippen LogP contribution in [0.3, 0.4) is 0 Å². The Balaban J connectivity index is 1.79. The van der Waals surface area contributed by atoms with Crippen molar-refractivity contribution in [3.8, 4) is 0 Å². The van der Waals surface area contributed by atoms with Crippen LogP contribution >= 0.6 is 0 Å². The van der Waals surface area contributed by atoms with Gasteiger partial charge in [-0.3, -0.25) is 4.79 Å². The fourth-order valence-electron chi connectivity index (χ4n) is 2.85. The van der Waals surface area contributed by atoms with Gasteiger partial charge in [0.05, 0.1) is 0 Å². The Morgan fingerprint density at radius 2 is 1.83 bits per heavy atom. The average molecular weight is 317 g/mol. The second kappa shape index (κ2) is 8.56. The quantitative estimate of drug-likeness (QED) is 0.876. The van der Waals surface area contributed by atoms with Crippen molar-refractivity contribution in [1.82, 2.24) is 10.2 Å². The first-order valence-corrected chi connectivity index (χ1v) is 8.50. The lowest BCUT2D eigenvalue weighted by Gasteiger charge is -2.32. The average Bonchev–Trinajstić information content (AvgIpc) is 2.54. The summed E-state index contributed by atoms with van der Waals surface area (Å²) in [6, 6.07) is 8.21. The lowest BCUT2D eigenvalue weighted by Crippen LogP contribution is -2.47. The molecule has 0 bridgehead atoms. The van der Waals surface area contributed by atoms with E-state index in [1.807, 2.05) is 17.0 Å². The molecule has 1 fully saturated rings. The highest BCUT2D eigenvalue weighted by atomic mass is 16.2. The fourth-order valence-corrected chi connectivity index (χ4v) is 2.85. The maximum Gasteiger partial charge on any atom is 0.321 e. The number of amides is 3. The SMILES string of the molecule is CCCCc1ccc(NC(=O)N2CCC(NC(C)=O)CC2)cc1. The molecule has 0 unspecified atom stereocenters. The van der Waals surface area contributed by atoms with Gasteiger partial charge < -0.3 is 15.5 Å². The Labute approximate surface area is 138 Å². The summed E-state index contributed by atoms with van der Waals surface area (Å²) in [5, 5.41) is 5.87. The number of aryl methyl sites for hydroxylation is 1. The van der Waals surface area contributed by atoms with Crippen molar-refractivity contribution in [2.45, 2.75) is 52.0 Å². The molecular formula is C18H27N3O2. The number of carbonyl (C=O) groups excluding carboxylic acids is 2. The number of anilines is 1. The number of hydrogen-bond donors (Lipinski definition) is 2. The maximum atomic E-state index is 12.3. The molecule has 0 spiro atoms. The first-order valence-electron chi connectivity index (χ1n) is 8.50. The summed E-state index contributed by atoms with van der Waals surface area (Å²) < 4.78 is 0. The number of benzene rings is 1. The number of hydrogen-bond acceptors (Lipinski definition) is 2. The molecule has 1 saturated heterocycles. The number of piperidine rings is 1. The van der Waals surface area contributed by atoms with Gasteiger partial charge in [-0.05, 0) is 43.4 Å². The van der Waals surface area contributed by atoms with E-state index in [9.17, 15) is 9.59 Å². The van der Waals surface area contributed by atoms with Crippen molar-refractivity contribution in [2.24, 2.45) is 0 Å². The Kier molecular flexibility index (Phi) is 6.44. The number of nitrogens with one attached hydrogen (secondary N) is 2. The Morgan fingerprint density at radius 3 is 2.39 bits per heavy atom. The van der Waals surface area contributed by atoms with Crippen LogP contribution in [0.4, 0.5) is 10.5 Å². The van der Waals surface area contributed by atoms with Crippen LogP contribution in [-0.2, 0) is 11.2 Å². The van der Waals surface area contributed by atoms with Gasteiger partial charge in [0.1, 0.15) is 0 Å². The van der Waals surface area contributed by atoms with Crippen LogP contribution in [0.1, 0.15) is 45.1 Å². The van der Waals surface area contributed by atoms with E-state index in [-0.39, 0.29) is 18.0 Å². The van der Waals surface area contributed by atoms with Gasteiger partial charge in [-0.2, -0.15) is 0 Å². The Morgan fingerprint density at radius 1 is 1.17 bits per heavy atom. The van der Waals surface area contributed by atoms with Crippen LogP contribution in [0.2, 0.25) is 0 Å². The number of rotatable bonds is 5. The maximum absolute atomic E-state index is 12.3. The van der Waals surface area contributed by atoms with Crippen molar-refractivity contribution >= 4 is 17.6 Å².